The van der Waals surface area contributed by atoms with Gasteiger partial charge in [-0.25, -0.2) is 0 Å². The third kappa shape index (κ3) is 4.16. The zero-order chi connectivity index (χ0) is 14.4. The van der Waals surface area contributed by atoms with Crippen molar-refractivity contribution in [2.24, 2.45) is 0 Å². The van der Waals surface area contributed by atoms with Crippen molar-refractivity contribution in [2.75, 3.05) is 20.3 Å². The molecule has 0 unspecified atom stereocenters. The average Bonchev–Trinajstić information content (AvgIpc) is 3.02. The first-order valence-electron chi connectivity index (χ1n) is 7.03. The van der Waals surface area contributed by atoms with Crippen molar-refractivity contribution < 1.29 is 4.74 Å². The van der Waals surface area contributed by atoms with E-state index in [-0.39, 0.29) is 0 Å². The maximum absolute atomic E-state index is 5.03. The molecule has 0 aliphatic heterocycles. The first kappa shape index (κ1) is 15.2. The van der Waals surface area contributed by atoms with Gasteiger partial charge < -0.3 is 10.1 Å². The number of ether oxygens (including phenoxy) is 1. The summed E-state index contributed by atoms with van der Waals surface area (Å²) < 4.78 is 7.06. The number of methoxy groups -OCH3 is 1. The van der Waals surface area contributed by atoms with Gasteiger partial charge in [0.25, 0.3) is 0 Å². The predicted molar refractivity (Wildman–Crippen MR) is 83.3 cm³/mol. The van der Waals surface area contributed by atoms with Crippen molar-refractivity contribution in [2.45, 2.75) is 33.4 Å². The van der Waals surface area contributed by atoms with Crippen molar-refractivity contribution in [3.05, 3.63) is 39.3 Å². The van der Waals surface area contributed by atoms with E-state index in [1.807, 2.05) is 16.0 Å². The van der Waals surface area contributed by atoms with Crippen molar-refractivity contribution in [3.63, 3.8) is 0 Å². The van der Waals surface area contributed by atoms with Crippen LogP contribution in [-0.2, 0) is 24.2 Å². The molecule has 0 saturated heterocycles. The number of hydrogen-bond acceptors (Lipinski definition) is 4. The van der Waals surface area contributed by atoms with E-state index < -0.39 is 0 Å². The Balaban J connectivity index is 1.92. The molecule has 4 nitrogen and oxygen atoms in total. The lowest BCUT2D eigenvalue weighted by Crippen LogP contribution is -2.18. The standard InChI is InChI=1S/C15H23N3OS/c1-4-14-5-6-15(20-14)11-18-10-13(12(2)17-18)9-16-7-8-19-3/h5-6,10,16H,4,7-9,11H2,1-3H3. The van der Waals surface area contributed by atoms with Gasteiger partial charge in [-0.15, -0.1) is 11.3 Å². The molecule has 0 atom stereocenters. The molecule has 0 radical (unpaired) electrons. The van der Waals surface area contributed by atoms with Gasteiger partial charge in [-0.05, 0) is 25.5 Å². The highest BCUT2D eigenvalue weighted by molar-refractivity contribution is 7.11. The summed E-state index contributed by atoms with van der Waals surface area (Å²) in [7, 11) is 1.72. The molecule has 2 heterocycles. The maximum Gasteiger partial charge on any atom is 0.0752 e. The maximum atomic E-state index is 5.03. The van der Waals surface area contributed by atoms with Gasteiger partial charge in [-0.2, -0.15) is 5.10 Å². The Hall–Kier alpha value is -1.17. The molecule has 0 amide bonds. The van der Waals surface area contributed by atoms with Crippen LogP contribution in [0.5, 0.6) is 0 Å². The van der Waals surface area contributed by atoms with E-state index in [9.17, 15) is 0 Å². The lowest BCUT2D eigenvalue weighted by molar-refractivity contribution is 0.199. The quantitative estimate of drug-likeness (QED) is 0.760. The molecule has 2 aromatic rings. The monoisotopic (exact) mass is 293 g/mol. The summed E-state index contributed by atoms with van der Waals surface area (Å²) in [6.07, 6.45) is 3.25. The minimum atomic E-state index is 0.738. The number of thiophene rings is 1. The van der Waals surface area contributed by atoms with Crippen LogP contribution in [0.4, 0.5) is 0 Å². The highest BCUT2D eigenvalue weighted by Crippen LogP contribution is 2.18. The first-order chi connectivity index (χ1) is 9.72. The van der Waals surface area contributed by atoms with Gasteiger partial charge in [0, 0.05) is 41.7 Å². The van der Waals surface area contributed by atoms with Gasteiger partial charge in [-0.3, -0.25) is 4.68 Å². The molecule has 5 heteroatoms. The largest absolute Gasteiger partial charge is 0.383 e. The number of rotatable bonds is 8. The van der Waals surface area contributed by atoms with Crippen LogP contribution in [0.25, 0.3) is 0 Å². The van der Waals surface area contributed by atoms with E-state index in [4.69, 9.17) is 4.74 Å². The second-order valence-corrected chi connectivity index (χ2v) is 6.08. The van der Waals surface area contributed by atoms with Crippen LogP contribution >= 0.6 is 11.3 Å². The molecule has 0 aromatic carbocycles. The molecule has 1 N–H and O–H groups in total. The minimum absolute atomic E-state index is 0.738. The summed E-state index contributed by atoms with van der Waals surface area (Å²) in [5, 5.41) is 7.95. The van der Waals surface area contributed by atoms with Crippen molar-refractivity contribution in [1.82, 2.24) is 15.1 Å². The van der Waals surface area contributed by atoms with Gasteiger partial charge >= 0.3 is 0 Å². The lowest BCUT2D eigenvalue weighted by Gasteiger charge is -2.02. The molecule has 20 heavy (non-hydrogen) atoms. The highest BCUT2D eigenvalue weighted by atomic mass is 32.1. The first-order valence-corrected chi connectivity index (χ1v) is 7.84. The summed E-state index contributed by atoms with van der Waals surface area (Å²) in [5.74, 6) is 0. The molecule has 110 valence electrons. The number of nitrogens with zero attached hydrogens (tertiary/aromatic N) is 2. The van der Waals surface area contributed by atoms with Gasteiger partial charge in [0.2, 0.25) is 0 Å². The zero-order valence-electron chi connectivity index (χ0n) is 12.5. The average molecular weight is 293 g/mol. The van der Waals surface area contributed by atoms with Crippen LogP contribution in [0.2, 0.25) is 0 Å². The van der Waals surface area contributed by atoms with Crippen LogP contribution in [0.1, 0.15) is 27.9 Å². The van der Waals surface area contributed by atoms with Crippen molar-refractivity contribution in [1.29, 1.82) is 0 Å². The van der Waals surface area contributed by atoms with Crippen molar-refractivity contribution >= 4 is 11.3 Å². The Morgan fingerprint density at radius 3 is 2.85 bits per heavy atom. The predicted octanol–water partition coefficient (Wildman–Crippen LogP) is 2.60. The van der Waals surface area contributed by atoms with Crippen LogP contribution in [-0.4, -0.2) is 30.0 Å². The van der Waals surface area contributed by atoms with Crippen LogP contribution in [0, 0.1) is 6.92 Å². The Kier molecular flexibility index (Phi) is 5.76. The smallest absolute Gasteiger partial charge is 0.0752 e. The Morgan fingerprint density at radius 1 is 1.35 bits per heavy atom. The summed E-state index contributed by atoms with van der Waals surface area (Å²) in [6.45, 7) is 7.57. The van der Waals surface area contributed by atoms with Gasteiger partial charge in [0.15, 0.2) is 0 Å². The Bertz CT molecular complexity index is 533. The summed E-state index contributed by atoms with van der Waals surface area (Å²) in [4.78, 5) is 2.80. The molecule has 0 saturated carbocycles. The lowest BCUT2D eigenvalue weighted by atomic mass is 10.2. The fourth-order valence-corrected chi connectivity index (χ4v) is 3.02. The molecule has 0 spiro atoms. The summed E-state index contributed by atoms with van der Waals surface area (Å²) in [6, 6.07) is 4.42. The van der Waals surface area contributed by atoms with Gasteiger partial charge in [-0.1, -0.05) is 6.92 Å². The third-order valence-corrected chi connectivity index (χ3v) is 4.44. The van der Waals surface area contributed by atoms with Crippen LogP contribution in [0.3, 0.4) is 0 Å². The van der Waals surface area contributed by atoms with Gasteiger partial charge in [0.05, 0.1) is 18.8 Å². The van der Waals surface area contributed by atoms with Crippen LogP contribution in [0.15, 0.2) is 18.3 Å². The SMILES string of the molecule is CCc1ccc(Cn2cc(CNCCOC)c(C)n2)s1. The Labute approximate surface area is 124 Å². The normalized spacial score (nSPS) is 11.2. The fourth-order valence-electron chi connectivity index (χ4n) is 2.07. The van der Waals surface area contributed by atoms with Gasteiger partial charge in [0.1, 0.15) is 0 Å². The molecular weight excluding hydrogens is 270 g/mol. The topological polar surface area (TPSA) is 39.1 Å². The molecule has 0 aliphatic rings. The second-order valence-electron chi connectivity index (χ2n) is 4.83. The van der Waals surface area contributed by atoms with E-state index in [1.54, 1.807) is 7.11 Å². The fraction of sp³-hybridized carbons (Fsp3) is 0.533. The molecule has 2 aromatic heterocycles. The number of hydrogen-bond donors (Lipinski definition) is 1. The molecular formula is C15H23N3OS. The van der Waals surface area contributed by atoms with E-state index in [1.165, 1.54) is 15.3 Å². The highest BCUT2D eigenvalue weighted by Gasteiger charge is 2.06. The zero-order valence-corrected chi connectivity index (χ0v) is 13.3. The van der Waals surface area contributed by atoms with E-state index >= 15 is 0 Å². The van der Waals surface area contributed by atoms with E-state index in [0.717, 1.165) is 38.4 Å². The molecule has 0 fully saturated rings. The molecule has 0 aliphatic carbocycles. The van der Waals surface area contributed by atoms with E-state index in [0.29, 0.717) is 0 Å². The molecule has 2 rings (SSSR count). The second kappa shape index (κ2) is 7.57. The number of aromatic nitrogens is 2. The number of nitrogens with one attached hydrogen (secondary N) is 1. The van der Waals surface area contributed by atoms with E-state index in [2.05, 4.69) is 42.6 Å². The number of aryl methyl sites for hydroxylation is 2. The summed E-state index contributed by atoms with van der Waals surface area (Å²) >= 11 is 1.87. The molecule has 0 bridgehead atoms. The van der Waals surface area contributed by atoms with Crippen molar-refractivity contribution in [3.8, 4) is 0 Å². The van der Waals surface area contributed by atoms with Crippen LogP contribution < -0.4 is 5.32 Å². The minimum Gasteiger partial charge on any atom is -0.383 e. The third-order valence-electron chi connectivity index (χ3n) is 3.23. The Morgan fingerprint density at radius 2 is 2.15 bits per heavy atom. The summed E-state index contributed by atoms with van der Waals surface area (Å²) in [5.41, 5.74) is 2.36.